The summed E-state index contributed by atoms with van der Waals surface area (Å²) >= 11 is 6.30. The van der Waals surface area contributed by atoms with Crippen LogP contribution in [-0.2, 0) is 6.42 Å². The predicted octanol–water partition coefficient (Wildman–Crippen LogP) is 7.52. The monoisotopic (exact) mass is 356 g/mol. The van der Waals surface area contributed by atoms with Crippen LogP contribution in [0.4, 0.5) is 0 Å². The number of fused-ring (bicyclic) bond motifs is 4. The summed E-state index contributed by atoms with van der Waals surface area (Å²) in [5.41, 5.74) is 9.85. The average Bonchev–Trinajstić information content (AvgIpc) is 2.66. The molecule has 2 aliphatic rings. The standard InChI is InChI=1S/C25H21Cl/c1-16-13-19-10-11-22-21-8-3-2-5-17(21)9-12-23(22)25(19)24(14-16)18-6-4-7-20(26)15-18/h3-4,6-8,10-11,13-15H,2,5,9,12H2,1H3. The Morgan fingerprint density at radius 1 is 0.885 bits per heavy atom. The number of benzene rings is 3. The van der Waals surface area contributed by atoms with E-state index in [9.17, 15) is 0 Å². The van der Waals surface area contributed by atoms with Gasteiger partial charge in [-0.05, 0) is 88.9 Å². The van der Waals surface area contributed by atoms with E-state index in [2.05, 4.69) is 55.5 Å². The van der Waals surface area contributed by atoms with Crippen LogP contribution in [-0.4, -0.2) is 0 Å². The molecular weight excluding hydrogens is 336 g/mol. The summed E-state index contributed by atoms with van der Waals surface area (Å²) in [6.45, 7) is 2.18. The average molecular weight is 357 g/mol. The summed E-state index contributed by atoms with van der Waals surface area (Å²) in [4.78, 5) is 0. The van der Waals surface area contributed by atoms with Gasteiger partial charge in [-0.25, -0.2) is 0 Å². The molecule has 0 saturated carbocycles. The zero-order valence-corrected chi connectivity index (χ0v) is 15.7. The van der Waals surface area contributed by atoms with Crippen LogP contribution in [0.2, 0.25) is 5.02 Å². The molecule has 0 atom stereocenters. The Bertz CT molecular complexity index is 1100. The van der Waals surface area contributed by atoms with Crippen molar-refractivity contribution in [3.8, 4) is 11.1 Å². The third kappa shape index (κ3) is 2.52. The van der Waals surface area contributed by atoms with Crippen molar-refractivity contribution in [1.82, 2.24) is 0 Å². The molecule has 0 saturated heterocycles. The Labute approximate surface area is 159 Å². The molecule has 0 radical (unpaired) electrons. The highest BCUT2D eigenvalue weighted by Crippen LogP contribution is 2.43. The van der Waals surface area contributed by atoms with Crippen molar-refractivity contribution in [2.24, 2.45) is 0 Å². The molecule has 128 valence electrons. The van der Waals surface area contributed by atoms with Crippen LogP contribution in [0.5, 0.6) is 0 Å². The fraction of sp³-hybridized carbons (Fsp3) is 0.200. The Kier molecular flexibility index (Phi) is 3.76. The van der Waals surface area contributed by atoms with Crippen molar-refractivity contribution < 1.29 is 0 Å². The lowest BCUT2D eigenvalue weighted by atomic mass is 9.78. The van der Waals surface area contributed by atoms with Crippen molar-refractivity contribution >= 4 is 27.9 Å². The van der Waals surface area contributed by atoms with Gasteiger partial charge in [0.1, 0.15) is 0 Å². The number of hydrogen-bond donors (Lipinski definition) is 0. The molecule has 26 heavy (non-hydrogen) atoms. The van der Waals surface area contributed by atoms with Crippen molar-refractivity contribution in [3.05, 3.63) is 88.0 Å². The maximum atomic E-state index is 6.30. The van der Waals surface area contributed by atoms with Gasteiger partial charge in [-0.15, -0.1) is 0 Å². The molecule has 0 fully saturated rings. The molecule has 0 aromatic heterocycles. The Hall–Kier alpha value is -2.31. The number of allylic oxidation sites excluding steroid dienone is 4. The van der Waals surface area contributed by atoms with Crippen LogP contribution < -0.4 is 0 Å². The fourth-order valence-corrected chi connectivity index (χ4v) is 4.80. The van der Waals surface area contributed by atoms with Gasteiger partial charge < -0.3 is 0 Å². The predicted molar refractivity (Wildman–Crippen MR) is 113 cm³/mol. The normalized spacial score (nSPS) is 15.9. The molecule has 0 N–H and O–H groups in total. The van der Waals surface area contributed by atoms with Crippen molar-refractivity contribution in [1.29, 1.82) is 0 Å². The molecule has 3 aromatic carbocycles. The first-order valence-corrected chi connectivity index (χ1v) is 9.79. The Morgan fingerprint density at radius 2 is 1.81 bits per heavy atom. The fourth-order valence-electron chi connectivity index (χ4n) is 4.61. The maximum Gasteiger partial charge on any atom is 0.0412 e. The summed E-state index contributed by atoms with van der Waals surface area (Å²) in [6, 6.07) is 17.5. The first-order chi connectivity index (χ1) is 12.7. The van der Waals surface area contributed by atoms with Crippen molar-refractivity contribution in [2.45, 2.75) is 32.6 Å². The smallest absolute Gasteiger partial charge is 0.0412 e. The molecule has 5 rings (SSSR count). The molecule has 0 nitrogen and oxygen atoms in total. The quantitative estimate of drug-likeness (QED) is 0.423. The van der Waals surface area contributed by atoms with Gasteiger partial charge in [0, 0.05) is 5.02 Å². The molecule has 0 aliphatic heterocycles. The van der Waals surface area contributed by atoms with E-state index in [-0.39, 0.29) is 0 Å². The number of halogens is 1. The van der Waals surface area contributed by atoms with E-state index in [1.165, 1.54) is 63.4 Å². The largest absolute Gasteiger partial charge is 0.0843 e. The molecule has 0 heterocycles. The summed E-state index contributed by atoms with van der Waals surface area (Å²) in [5, 5.41) is 3.53. The highest BCUT2D eigenvalue weighted by molar-refractivity contribution is 6.31. The lowest BCUT2D eigenvalue weighted by molar-refractivity contribution is 0.831. The highest BCUT2D eigenvalue weighted by atomic mass is 35.5. The van der Waals surface area contributed by atoms with Crippen molar-refractivity contribution in [3.63, 3.8) is 0 Å². The second-order valence-corrected chi connectivity index (χ2v) is 7.91. The molecule has 0 unspecified atom stereocenters. The zero-order valence-electron chi connectivity index (χ0n) is 15.0. The van der Waals surface area contributed by atoms with Crippen LogP contribution >= 0.6 is 11.6 Å². The molecule has 0 amide bonds. The topological polar surface area (TPSA) is 0 Å². The maximum absolute atomic E-state index is 6.30. The zero-order chi connectivity index (χ0) is 17.7. The number of rotatable bonds is 1. The summed E-state index contributed by atoms with van der Waals surface area (Å²) < 4.78 is 0. The van der Waals surface area contributed by atoms with Crippen LogP contribution in [0.15, 0.2) is 66.3 Å². The SMILES string of the molecule is Cc1cc(-c2cccc(Cl)c2)c2c3c(ccc2c1)C1=C(CCC=C1)CC3. The van der Waals surface area contributed by atoms with E-state index in [0.29, 0.717) is 0 Å². The van der Waals surface area contributed by atoms with Gasteiger partial charge in [0.15, 0.2) is 0 Å². The second-order valence-electron chi connectivity index (χ2n) is 7.47. The third-order valence-corrected chi connectivity index (χ3v) is 5.99. The minimum Gasteiger partial charge on any atom is -0.0843 e. The van der Waals surface area contributed by atoms with Crippen molar-refractivity contribution in [2.75, 3.05) is 0 Å². The minimum absolute atomic E-state index is 0.794. The summed E-state index contributed by atoms with van der Waals surface area (Å²) in [5.74, 6) is 0. The van der Waals surface area contributed by atoms with Crippen LogP contribution in [0.1, 0.15) is 36.0 Å². The second kappa shape index (κ2) is 6.14. The lowest BCUT2D eigenvalue weighted by Gasteiger charge is -2.26. The summed E-state index contributed by atoms with van der Waals surface area (Å²) in [7, 11) is 0. The van der Waals surface area contributed by atoms with Gasteiger partial charge >= 0.3 is 0 Å². The first-order valence-electron chi connectivity index (χ1n) is 9.42. The minimum atomic E-state index is 0.794. The van der Waals surface area contributed by atoms with Gasteiger partial charge in [-0.2, -0.15) is 0 Å². The van der Waals surface area contributed by atoms with Crippen LogP contribution in [0.3, 0.4) is 0 Å². The van der Waals surface area contributed by atoms with Gasteiger partial charge in [-0.1, -0.05) is 65.7 Å². The molecule has 1 heteroatoms. The van der Waals surface area contributed by atoms with E-state index < -0.39 is 0 Å². The molecule has 3 aromatic rings. The first kappa shape index (κ1) is 15.9. The molecule has 0 bridgehead atoms. The van der Waals surface area contributed by atoms with Gasteiger partial charge in [0.25, 0.3) is 0 Å². The Balaban J connectivity index is 1.84. The summed E-state index contributed by atoms with van der Waals surface area (Å²) in [6.07, 6.45) is 9.40. The van der Waals surface area contributed by atoms with E-state index in [4.69, 9.17) is 11.6 Å². The van der Waals surface area contributed by atoms with Gasteiger partial charge in [0.2, 0.25) is 0 Å². The Morgan fingerprint density at radius 3 is 2.69 bits per heavy atom. The van der Waals surface area contributed by atoms with E-state index in [1.54, 1.807) is 5.57 Å². The van der Waals surface area contributed by atoms with Crippen LogP contribution in [0.25, 0.3) is 27.5 Å². The lowest BCUT2D eigenvalue weighted by Crippen LogP contribution is -2.07. The van der Waals surface area contributed by atoms with E-state index in [0.717, 1.165) is 11.4 Å². The van der Waals surface area contributed by atoms with Gasteiger partial charge in [-0.3, -0.25) is 0 Å². The molecule has 0 spiro atoms. The number of hydrogen-bond acceptors (Lipinski definition) is 0. The number of aryl methyl sites for hydroxylation is 2. The third-order valence-electron chi connectivity index (χ3n) is 5.75. The molecule has 2 aliphatic carbocycles. The highest BCUT2D eigenvalue weighted by Gasteiger charge is 2.22. The van der Waals surface area contributed by atoms with E-state index >= 15 is 0 Å². The molecular formula is C25H21Cl. The van der Waals surface area contributed by atoms with E-state index in [1.807, 2.05) is 12.1 Å². The van der Waals surface area contributed by atoms with Crippen LogP contribution in [0, 0.1) is 6.92 Å². The van der Waals surface area contributed by atoms with Gasteiger partial charge in [0.05, 0.1) is 0 Å².